The van der Waals surface area contributed by atoms with Crippen molar-refractivity contribution < 1.29 is 14.6 Å². The average molecular weight is 239 g/mol. The van der Waals surface area contributed by atoms with Gasteiger partial charge in [-0.05, 0) is 19.3 Å². The van der Waals surface area contributed by atoms with Crippen LogP contribution in [0.4, 0.5) is 0 Å². The van der Waals surface area contributed by atoms with E-state index in [9.17, 15) is 4.79 Å². The maximum atomic E-state index is 11.0. The first-order chi connectivity index (χ1) is 8.24. The van der Waals surface area contributed by atoms with Crippen molar-refractivity contribution in [1.29, 1.82) is 0 Å². The van der Waals surface area contributed by atoms with Gasteiger partial charge >= 0.3 is 5.97 Å². The summed E-state index contributed by atoms with van der Waals surface area (Å²) in [7, 11) is 0. The summed E-state index contributed by atoms with van der Waals surface area (Å²) in [5.41, 5.74) is 0.862. The molecule has 1 aliphatic carbocycles. The highest BCUT2D eigenvalue weighted by molar-refractivity contribution is 5.86. The molecule has 1 fully saturated rings. The van der Waals surface area contributed by atoms with Crippen LogP contribution < -0.4 is 0 Å². The first-order valence-corrected chi connectivity index (χ1v) is 5.98. The third-order valence-electron chi connectivity index (χ3n) is 2.74. The van der Waals surface area contributed by atoms with Gasteiger partial charge in [-0.15, -0.1) is 5.10 Å². The molecule has 6 heteroatoms. The van der Waals surface area contributed by atoms with Gasteiger partial charge in [0, 0.05) is 12.5 Å². The first kappa shape index (κ1) is 12.0. The molecule has 1 aromatic heterocycles. The summed E-state index contributed by atoms with van der Waals surface area (Å²) in [6, 6.07) is 0. The molecule has 0 unspecified atom stereocenters. The lowest BCUT2D eigenvalue weighted by atomic mass is 10.2. The van der Waals surface area contributed by atoms with Gasteiger partial charge in [-0.1, -0.05) is 12.1 Å². The molecule has 0 atom stereocenters. The minimum Gasteiger partial charge on any atom is -0.476 e. The summed E-state index contributed by atoms with van der Waals surface area (Å²) in [4.78, 5) is 11.0. The molecule has 0 bridgehead atoms. The predicted octanol–water partition coefficient (Wildman–Crippen LogP) is 1.28. The van der Waals surface area contributed by atoms with E-state index in [4.69, 9.17) is 9.84 Å². The molecule has 6 nitrogen and oxygen atoms in total. The SMILES string of the molecule is CCCOCCn1nnc(C(=O)O)c1C1CC1. The molecule has 0 amide bonds. The summed E-state index contributed by atoms with van der Waals surface area (Å²) in [6.07, 6.45) is 3.04. The van der Waals surface area contributed by atoms with Crippen molar-refractivity contribution in [3.63, 3.8) is 0 Å². The van der Waals surface area contributed by atoms with Crippen LogP contribution in [0.3, 0.4) is 0 Å². The molecule has 1 aromatic rings. The number of aromatic nitrogens is 3. The first-order valence-electron chi connectivity index (χ1n) is 5.98. The van der Waals surface area contributed by atoms with Crippen molar-refractivity contribution in [2.75, 3.05) is 13.2 Å². The highest BCUT2D eigenvalue weighted by Gasteiger charge is 2.33. The van der Waals surface area contributed by atoms with E-state index in [1.807, 2.05) is 6.92 Å². The van der Waals surface area contributed by atoms with E-state index in [0.29, 0.717) is 19.1 Å². The zero-order valence-corrected chi connectivity index (χ0v) is 9.93. The highest BCUT2D eigenvalue weighted by Crippen LogP contribution is 2.41. The third-order valence-corrected chi connectivity index (χ3v) is 2.74. The molecular formula is C11H17N3O3. The quantitative estimate of drug-likeness (QED) is 0.725. The lowest BCUT2D eigenvalue weighted by Gasteiger charge is -2.06. The van der Waals surface area contributed by atoms with Gasteiger partial charge in [0.25, 0.3) is 0 Å². The summed E-state index contributed by atoms with van der Waals surface area (Å²) in [6.45, 7) is 3.90. The summed E-state index contributed by atoms with van der Waals surface area (Å²) < 4.78 is 7.05. The van der Waals surface area contributed by atoms with Crippen molar-refractivity contribution in [3.8, 4) is 0 Å². The molecule has 94 valence electrons. The van der Waals surface area contributed by atoms with Crippen LogP contribution in [0.25, 0.3) is 0 Å². The smallest absolute Gasteiger partial charge is 0.358 e. The van der Waals surface area contributed by atoms with E-state index in [-0.39, 0.29) is 5.69 Å². The van der Waals surface area contributed by atoms with Gasteiger partial charge in [0.15, 0.2) is 5.69 Å². The van der Waals surface area contributed by atoms with E-state index in [2.05, 4.69) is 10.3 Å². The Morgan fingerprint density at radius 2 is 2.29 bits per heavy atom. The molecule has 0 spiro atoms. The number of ether oxygens (including phenoxy) is 1. The minimum atomic E-state index is -0.993. The summed E-state index contributed by atoms with van der Waals surface area (Å²) in [5, 5.41) is 16.7. The fraction of sp³-hybridized carbons (Fsp3) is 0.727. The maximum absolute atomic E-state index is 11.0. The van der Waals surface area contributed by atoms with Crippen molar-refractivity contribution in [3.05, 3.63) is 11.4 Å². The number of rotatable bonds is 7. The second-order valence-electron chi connectivity index (χ2n) is 4.24. The summed E-state index contributed by atoms with van der Waals surface area (Å²) >= 11 is 0. The molecule has 17 heavy (non-hydrogen) atoms. The van der Waals surface area contributed by atoms with Crippen LogP contribution in [0.1, 0.15) is 48.3 Å². The lowest BCUT2D eigenvalue weighted by molar-refractivity contribution is 0.0688. The standard InChI is InChI=1S/C11H17N3O3/c1-2-6-17-7-5-14-10(8-3-4-8)9(11(15)16)12-13-14/h8H,2-7H2,1H3,(H,15,16). The largest absolute Gasteiger partial charge is 0.476 e. The molecule has 0 radical (unpaired) electrons. The number of aromatic carboxylic acids is 1. The van der Waals surface area contributed by atoms with Crippen LogP contribution in [0.2, 0.25) is 0 Å². The molecule has 1 saturated carbocycles. The van der Waals surface area contributed by atoms with Gasteiger partial charge in [-0.2, -0.15) is 0 Å². The van der Waals surface area contributed by atoms with Crippen molar-refractivity contribution >= 4 is 5.97 Å². The Balaban J connectivity index is 2.03. The van der Waals surface area contributed by atoms with Gasteiger partial charge in [0.2, 0.25) is 0 Å². The third kappa shape index (κ3) is 2.82. The number of hydrogen-bond donors (Lipinski definition) is 1. The van der Waals surface area contributed by atoms with Gasteiger partial charge in [0.05, 0.1) is 18.8 Å². The van der Waals surface area contributed by atoms with Gasteiger partial charge in [-0.3, -0.25) is 0 Å². The van der Waals surface area contributed by atoms with Crippen LogP contribution in [-0.2, 0) is 11.3 Å². The van der Waals surface area contributed by atoms with E-state index in [0.717, 1.165) is 31.6 Å². The fourth-order valence-corrected chi connectivity index (χ4v) is 1.80. The second-order valence-corrected chi connectivity index (χ2v) is 4.24. The zero-order chi connectivity index (χ0) is 12.3. The van der Waals surface area contributed by atoms with Crippen molar-refractivity contribution in [1.82, 2.24) is 15.0 Å². The number of carboxylic acids is 1. The number of nitrogens with zero attached hydrogens (tertiary/aromatic N) is 3. The molecule has 1 aliphatic rings. The Bertz CT molecular complexity index is 399. The van der Waals surface area contributed by atoms with E-state index in [1.54, 1.807) is 4.68 Å². The van der Waals surface area contributed by atoms with Gasteiger partial charge < -0.3 is 9.84 Å². The summed E-state index contributed by atoms with van der Waals surface area (Å²) in [5.74, 6) is -0.671. The van der Waals surface area contributed by atoms with Gasteiger partial charge in [0.1, 0.15) is 0 Å². The Morgan fingerprint density at radius 3 is 2.88 bits per heavy atom. The van der Waals surface area contributed by atoms with Crippen LogP contribution in [-0.4, -0.2) is 39.3 Å². The molecule has 1 N–H and O–H groups in total. The van der Waals surface area contributed by atoms with Crippen LogP contribution >= 0.6 is 0 Å². The Morgan fingerprint density at radius 1 is 1.53 bits per heavy atom. The number of hydrogen-bond acceptors (Lipinski definition) is 4. The molecule has 0 aliphatic heterocycles. The molecule has 0 saturated heterocycles. The van der Waals surface area contributed by atoms with Gasteiger partial charge in [-0.25, -0.2) is 9.48 Å². The Kier molecular flexibility index (Phi) is 3.73. The van der Waals surface area contributed by atoms with E-state index < -0.39 is 5.97 Å². The average Bonchev–Trinajstić information content (AvgIpc) is 3.05. The predicted molar refractivity (Wildman–Crippen MR) is 60.1 cm³/mol. The molecule has 0 aromatic carbocycles. The van der Waals surface area contributed by atoms with E-state index in [1.165, 1.54) is 0 Å². The minimum absolute atomic E-state index is 0.1000. The normalized spacial score (nSPS) is 15.1. The highest BCUT2D eigenvalue weighted by atomic mass is 16.5. The zero-order valence-electron chi connectivity index (χ0n) is 9.93. The van der Waals surface area contributed by atoms with Crippen molar-refractivity contribution in [2.45, 2.75) is 38.6 Å². The topological polar surface area (TPSA) is 77.2 Å². The Hall–Kier alpha value is -1.43. The molecule has 2 rings (SSSR count). The Labute approximate surface area is 99.6 Å². The van der Waals surface area contributed by atoms with E-state index >= 15 is 0 Å². The van der Waals surface area contributed by atoms with Crippen molar-refractivity contribution in [2.24, 2.45) is 0 Å². The monoisotopic (exact) mass is 239 g/mol. The maximum Gasteiger partial charge on any atom is 0.358 e. The molecule has 1 heterocycles. The number of carboxylic acid groups (broad SMARTS) is 1. The van der Waals surface area contributed by atoms with Crippen LogP contribution in [0, 0.1) is 0 Å². The van der Waals surface area contributed by atoms with Crippen LogP contribution in [0.15, 0.2) is 0 Å². The van der Waals surface area contributed by atoms with Crippen LogP contribution in [0.5, 0.6) is 0 Å². The second kappa shape index (κ2) is 5.27. The fourth-order valence-electron chi connectivity index (χ4n) is 1.80. The molecular weight excluding hydrogens is 222 g/mol. The lowest BCUT2D eigenvalue weighted by Crippen LogP contribution is -2.12. The number of carbonyl (C=O) groups is 1.